The molecule has 0 radical (unpaired) electrons. The number of rotatable bonds is 6. The molecule has 0 spiro atoms. The number of hydrogen-bond acceptors (Lipinski definition) is 6. The fourth-order valence-electron chi connectivity index (χ4n) is 2.65. The third-order valence-electron chi connectivity index (χ3n) is 3.75. The number of methoxy groups -OCH3 is 1. The molecular weight excluding hydrogens is 364 g/mol. The lowest BCUT2D eigenvalue weighted by Gasteiger charge is -2.11. The van der Waals surface area contributed by atoms with Gasteiger partial charge in [-0.2, -0.15) is 14.9 Å². The van der Waals surface area contributed by atoms with Crippen LogP contribution in [0.15, 0.2) is 17.2 Å². The first-order chi connectivity index (χ1) is 12.1. The Morgan fingerprint density at radius 2 is 2.40 bits per heavy atom. The van der Waals surface area contributed by atoms with Gasteiger partial charge in [-0.3, -0.25) is 5.10 Å². The zero-order valence-corrected chi connectivity index (χ0v) is 15.6. The quantitative estimate of drug-likeness (QED) is 0.608. The van der Waals surface area contributed by atoms with Crippen molar-refractivity contribution in [3.05, 3.63) is 33.3 Å². The van der Waals surface area contributed by atoms with Crippen LogP contribution in [0.1, 0.15) is 37.3 Å². The Kier molecular flexibility index (Phi) is 5.72. The second-order valence-electron chi connectivity index (χ2n) is 5.41. The predicted molar refractivity (Wildman–Crippen MR) is 97.5 cm³/mol. The summed E-state index contributed by atoms with van der Waals surface area (Å²) in [5.41, 5.74) is 0.760. The van der Waals surface area contributed by atoms with Gasteiger partial charge in [0.05, 0.1) is 25.0 Å². The van der Waals surface area contributed by atoms with Gasteiger partial charge in [-0.1, -0.05) is 11.6 Å². The number of H-pyrrole nitrogens is 1. The number of ether oxygens (including phenoxy) is 3. The molecule has 0 amide bonds. The topological polar surface area (TPSA) is 73.7 Å². The largest absolute Gasteiger partial charge is 0.491 e. The van der Waals surface area contributed by atoms with Crippen molar-refractivity contribution in [2.24, 2.45) is 5.10 Å². The first-order valence-electron chi connectivity index (χ1n) is 7.97. The van der Waals surface area contributed by atoms with Gasteiger partial charge >= 0.3 is 0 Å². The lowest BCUT2D eigenvalue weighted by molar-refractivity contribution is 0.102. The molecule has 1 N–H and O–H groups in total. The van der Waals surface area contributed by atoms with Gasteiger partial charge in [0.25, 0.3) is 0 Å². The van der Waals surface area contributed by atoms with Gasteiger partial charge in [0.15, 0.2) is 17.3 Å². The van der Waals surface area contributed by atoms with E-state index in [4.69, 9.17) is 38.0 Å². The number of aromatic amines is 1. The van der Waals surface area contributed by atoms with Gasteiger partial charge in [-0.25, -0.2) is 0 Å². The number of nitrogens with one attached hydrogen (secondary N) is 1. The summed E-state index contributed by atoms with van der Waals surface area (Å²) in [6.45, 7) is 3.12. The Balaban J connectivity index is 1.92. The number of aromatic nitrogens is 3. The number of hydrogen-bond donors (Lipinski definition) is 1. The van der Waals surface area contributed by atoms with E-state index in [-0.39, 0.29) is 6.10 Å². The average Bonchev–Trinajstić information content (AvgIpc) is 3.23. The van der Waals surface area contributed by atoms with E-state index in [1.54, 1.807) is 24.1 Å². The van der Waals surface area contributed by atoms with Crippen molar-refractivity contribution in [1.82, 2.24) is 14.9 Å². The van der Waals surface area contributed by atoms with Crippen LogP contribution in [-0.4, -0.2) is 41.4 Å². The molecule has 1 saturated heterocycles. The van der Waals surface area contributed by atoms with Crippen molar-refractivity contribution < 1.29 is 14.2 Å². The standard InChI is InChI=1S/C16H19ClN4O3S/c1-3-23-13-8-10(7-11(17)14(13)22-2)9-18-21-15(19-20-16(21)25)12-5-4-6-24-12/h7-9,12H,3-6H2,1-2H3,(H,20,25)/b18-9-. The van der Waals surface area contributed by atoms with Gasteiger partial charge in [0.2, 0.25) is 4.77 Å². The van der Waals surface area contributed by atoms with E-state index in [1.165, 1.54) is 0 Å². The van der Waals surface area contributed by atoms with Gasteiger partial charge in [0, 0.05) is 6.61 Å². The smallest absolute Gasteiger partial charge is 0.216 e. The van der Waals surface area contributed by atoms with E-state index in [2.05, 4.69) is 15.3 Å². The minimum Gasteiger partial charge on any atom is -0.491 e. The van der Waals surface area contributed by atoms with Crippen LogP contribution in [0.3, 0.4) is 0 Å². The molecule has 1 aliphatic rings. The summed E-state index contributed by atoms with van der Waals surface area (Å²) >= 11 is 11.5. The molecule has 2 aromatic rings. The van der Waals surface area contributed by atoms with Crippen LogP contribution < -0.4 is 9.47 Å². The summed E-state index contributed by atoms with van der Waals surface area (Å²) < 4.78 is 18.5. The second-order valence-corrected chi connectivity index (χ2v) is 6.21. The highest BCUT2D eigenvalue weighted by molar-refractivity contribution is 7.71. The van der Waals surface area contributed by atoms with Crippen LogP contribution in [0.4, 0.5) is 0 Å². The summed E-state index contributed by atoms with van der Waals surface area (Å²) in [7, 11) is 1.55. The molecule has 1 aromatic heterocycles. The van der Waals surface area contributed by atoms with Crippen molar-refractivity contribution in [3.8, 4) is 11.5 Å². The Morgan fingerprint density at radius 1 is 1.56 bits per heavy atom. The molecule has 0 aliphatic carbocycles. The molecule has 2 heterocycles. The summed E-state index contributed by atoms with van der Waals surface area (Å²) in [6.07, 6.45) is 3.46. The van der Waals surface area contributed by atoms with Gasteiger partial charge in [0.1, 0.15) is 6.10 Å². The van der Waals surface area contributed by atoms with Crippen LogP contribution in [0.2, 0.25) is 5.02 Å². The first kappa shape index (κ1) is 17.9. The maximum Gasteiger partial charge on any atom is 0.216 e. The van der Waals surface area contributed by atoms with Crippen LogP contribution in [-0.2, 0) is 4.74 Å². The monoisotopic (exact) mass is 382 g/mol. The lowest BCUT2D eigenvalue weighted by atomic mass is 10.2. The van der Waals surface area contributed by atoms with E-state index >= 15 is 0 Å². The molecule has 3 rings (SSSR count). The molecule has 25 heavy (non-hydrogen) atoms. The van der Waals surface area contributed by atoms with Crippen LogP contribution >= 0.6 is 23.8 Å². The molecular formula is C16H19ClN4O3S. The second kappa shape index (κ2) is 7.99. The van der Waals surface area contributed by atoms with E-state index in [1.807, 2.05) is 13.0 Å². The van der Waals surface area contributed by atoms with E-state index in [0.717, 1.165) is 25.0 Å². The summed E-state index contributed by atoms with van der Waals surface area (Å²) in [5, 5.41) is 11.9. The molecule has 134 valence electrons. The molecule has 1 fully saturated rings. The Morgan fingerprint density at radius 3 is 3.08 bits per heavy atom. The van der Waals surface area contributed by atoms with E-state index < -0.39 is 0 Å². The molecule has 1 unspecified atom stereocenters. The number of halogens is 1. The molecule has 1 atom stereocenters. The highest BCUT2D eigenvalue weighted by atomic mass is 35.5. The Hall–Kier alpha value is -1.90. The zero-order chi connectivity index (χ0) is 17.8. The fourth-order valence-corrected chi connectivity index (χ4v) is 3.14. The van der Waals surface area contributed by atoms with Gasteiger partial charge < -0.3 is 14.2 Å². The SMILES string of the molecule is CCOc1cc(/C=N\n2c(C3CCCO3)n[nH]c2=S)cc(Cl)c1OC. The lowest BCUT2D eigenvalue weighted by Crippen LogP contribution is -2.05. The van der Waals surface area contributed by atoms with E-state index in [9.17, 15) is 0 Å². The van der Waals surface area contributed by atoms with Crippen LogP contribution in [0, 0.1) is 4.77 Å². The normalized spacial score (nSPS) is 17.3. The molecule has 0 bridgehead atoms. The van der Waals surface area contributed by atoms with Crippen molar-refractivity contribution >= 4 is 30.0 Å². The maximum atomic E-state index is 6.26. The maximum absolute atomic E-state index is 6.26. The zero-order valence-electron chi connectivity index (χ0n) is 14.0. The molecule has 0 saturated carbocycles. The third-order valence-corrected chi connectivity index (χ3v) is 4.30. The Labute approximate surface area is 155 Å². The van der Waals surface area contributed by atoms with Crippen molar-refractivity contribution in [2.45, 2.75) is 25.9 Å². The molecule has 1 aliphatic heterocycles. The highest BCUT2D eigenvalue weighted by Gasteiger charge is 2.23. The summed E-state index contributed by atoms with van der Waals surface area (Å²) in [4.78, 5) is 0. The Bertz CT molecular complexity index is 827. The minimum absolute atomic E-state index is 0.0939. The molecule has 7 nitrogen and oxygen atoms in total. The van der Waals surface area contributed by atoms with E-state index in [0.29, 0.717) is 33.7 Å². The average molecular weight is 383 g/mol. The summed E-state index contributed by atoms with van der Waals surface area (Å²) in [5.74, 6) is 1.73. The minimum atomic E-state index is -0.0939. The molecule has 9 heteroatoms. The predicted octanol–water partition coefficient (Wildman–Crippen LogP) is 3.74. The van der Waals surface area contributed by atoms with Crippen molar-refractivity contribution in [2.75, 3.05) is 20.3 Å². The molecule has 1 aromatic carbocycles. The van der Waals surface area contributed by atoms with Gasteiger partial charge in [-0.05, 0) is 49.7 Å². The van der Waals surface area contributed by atoms with Crippen LogP contribution in [0.25, 0.3) is 0 Å². The first-order valence-corrected chi connectivity index (χ1v) is 8.76. The van der Waals surface area contributed by atoms with Crippen molar-refractivity contribution in [1.29, 1.82) is 0 Å². The van der Waals surface area contributed by atoms with Crippen LogP contribution in [0.5, 0.6) is 11.5 Å². The number of benzene rings is 1. The number of nitrogens with zero attached hydrogens (tertiary/aromatic N) is 3. The van der Waals surface area contributed by atoms with Gasteiger partial charge in [-0.15, -0.1) is 0 Å². The summed E-state index contributed by atoms with van der Waals surface area (Å²) in [6, 6.07) is 3.56. The third kappa shape index (κ3) is 3.86. The highest BCUT2D eigenvalue weighted by Crippen LogP contribution is 2.36. The fraction of sp³-hybridized carbons (Fsp3) is 0.438. The van der Waals surface area contributed by atoms with Crippen molar-refractivity contribution in [3.63, 3.8) is 0 Å².